The Bertz CT molecular complexity index is 800. The van der Waals surface area contributed by atoms with Crippen molar-refractivity contribution in [3.63, 3.8) is 0 Å². The van der Waals surface area contributed by atoms with Crippen LogP contribution in [0.5, 0.6) is 5.75 Å². The number of anilines is 1. The van der Waals surface area contributed by atoms with Crippen LogP contribution in [-0.2, 0) is 14.9 Å². The molecule has 0 spiro atoms. The summed E-state index contributed by atoms with van der Waals surface area (Å²) in [6.45, 7) is 5.85. The second-order valence-corrected chi connectivity index (χ2v) is 7.42. The van der Waals surface area contributed by atoms with E-state index in [9.17, 15) is 4.79 Å². The lowest BCUT2D eigenvalue weighted by Gasteiger charge is -2.36. The second-order valence-electron chi connectivity index (χ2n) is 7.01. The predicted octanol–water partition coefficient (Wildman–Crippen LogP) is 5.12. The van der Waals surface area contributed by atoms with Crippen LogP contribution in [0.15, 0.2) is 42.5 Å². The lowest BCUT2D eigenvalue weighted by atomic mass is 9.73. The molecule has 27 heavy (non-hydrogen) atoms. The highest BCUT2D eigenvalue weighted by Gasteiger charge is 2.41. The summed E-state index contributed by atoms with van der Waals surface area (Å²) < 4.78 is 11.1. The predicted molar refractivity (Wildman–Crippen MR) is 109 cm³/mol. The lowest BCUT2D eigenvalue weighted by molar-refractivity contribution is -0.125. The van der Waals surface area contributed by atoms with Crippen molar-refractivity contribution in [1.29, 1.82) is 0 Å². The maximum Gasteiger partial charge on any atom is 0.235 e. The first kappa shape index (κ1) is 19.7. The van der Waals surface area contributed by atoms with Gasteiger partial charge >= 0.3 is 0 Å². The van der Waals surface area contributed by atoms with E-state index in [-0.39, 0.29) is 5.91 Å². The van der Waals surface area contributed by atoms with Crippen LogP contribution in [-0.4, -0.2) is 25.7 Å². The summed E-state index contributed by atoms with van der Waals surface area (Å²) >= 11 is 6.31. The zero-order chi connectivity index (χ0) is 19.3. The number of ether oxygens (including phenoxy) is 2. The maximum absolute atomic E-state index is 13.3. The van der Waals surface area contributed by atoms with Gasteiger partial charge in [-0.25, -0.2) is 0 Å². The van der Waals surface area contributed by atoms with E-state index in [0.717, 1.165) is 17.5 Å². The lowest BCUT2D eigenvalue weighted by Crippen LogP contribution is -2.44. The molecule has 0 aromatic heterocycles. The summed E-state index contributed by atoms with van der Waals surface area (Å²) in [5, 5.41) is 3.56. The fraction of sp³-hybridized carbons (Fsp3) is 0.409. The van der Waals surface area contributed by atoms with Gasteiger partial charge < -0.3 is 14.8 Å². The van der Waals surface area contributed by atoms with Gasteiger partial charge in [0.1, 0.15) is 5.75 Å². The van der Waals surface area contributed by atoms with Crippen LogP contribution in [0.25, 0.3) is 0 Å². The van der Waals surface area contributed by atoms with Crippen LogP contribution in [0.3, 0.4) is 0 Å². The molecule has 1 aliphatic rings. The topological polar surface area (TPSA) is 47.6 Å². The third-order valence-electron chi connectivity index (χ3n) is 5.00. The van der Waals surface area contributed by atoms with E-state index < -0.39 is 5.41 Å². The Morgan fingerprint density at radius 2 is 2.00 bits per heavy atom. The van der Waals surface area contributed by atoms with Crippen LogP contribution < -0.4 is 10.1 Å². The number of benzene rings is 2. The average molecular weight is 388 g/mol. The molecule has 144 valence electrons. The van der Waals surface area contributed by atoms with Gasteiger partial charge in [0.05, 0.1) is 17.0 Å². The zero-order valence-electron chi connectivity index (χ0n) is 15.9. The first-order valence-electron chi connectivity index (χ1n) is 9.44. The average Bonchev–Trinajstić information content (AvgIpc) is 2.68. The number of carbonyl (C=O) groups is 1. The quantitative estimate of drug-likeness (QED) is 0.747. The van der Waals surface area contributed by atoms with E-state index in [1.165, 1.54) is 0 Å². The molecule has 1 fully saturated rings. The van der Waals surface area contributed by atoms with E-state index in [1.54, 1.807) is 12.1 Å². The van der Waals surface area contributed by atoms with Gasteiger partial charge in [-0.2, -0.15) is 0 Å². The molecule has 2 aromatic rings. The summed E-state index contributed by atoms with van der Waals surface area (Å²) in [5.41, 5.74) is 2.27. The van der Waals surface area contributed by atoms with Gasteiger partial charge in [0.15, 0.2) is 0 Å². The SMILES string of the molecule is CCCOc1ccc(NC(=O)C2(c3cccc(C)c3)CCOCC2)cc1Cl. The minimum atomic E-state index is -0.589. The molecule has 5 heteroatoms. The van der Waals surface area contributed by atoms with Gasteiger partial charge in [0.2, 0.25) is 5.91 Å². The molecule has 0 unspecified atom stereocenters. The molecule has 1 N–H and O–H groups in total. The Morgan fingerprint density at radius 1 is 1.22 bits per heavy atom. The number of aryl methyl sites for hydroxylation is 1. The molecule has 0 saturated carbocycles. The van der Waals surface area contributed by atoms with Gasteiger partial charge in [-0.1, -0.05) is 48.4 Å². The second kappa shape index (κ2) is 8.77. The number of carbonyl (C=O) groups excluding carboxylic acids is 1. The Morgan fingerprint density at radius 3 is 2.67 bits per heavy atom. The van der Waals surface area contributed by atoms with Crippen LogP contribution in [0.4, 0.5) is 5.69 Å². The largest absolute Gasteiger partial charge is 0.492 e. The fourth-order valence-corrected chi connectivity index (χ4v) is 3.70. The molecule has 0 atom stereocenters. The van der Waals surface area contributed by atoms with Gasteiger partial charge in [0, 0.05) is 18.9 Å². The molecule has 1 heterocycles. The molecular formula is C22H26ClNO3. The minimum Gasteiger partial charge on any atom is -0.492 e. The number of halogens is 1. The molecule has 1 aliphatic heterocycles. The normalized spacial score (nSPS) is 16.0. The number of amides is 1. The smallest absolute Gasteiger partial charge is 0.235 e. The molecule has 1 amide bonds. The maximum atomic E-state index is 13.3. The van der Waals surface area contributed by atoms with Crippen molar-refractivity contribution in [2.24, 2.45) is 0 Å². The van der Waals surface area contributed by atoms with Crippen molar-refractivity contribution in [1.82, 2.24) is 0 Å². The highest BCUT2D eigenvalue weighted by Crippen LogP contribution is 2.37. The molecule has 0 aliphatic carbocycles. The van der Waals surface area contributed by atoms with E-state index >= 15 is 0 Å². The monoisotopic (exact) mass is 387 g/mol. The summed E-state index contributed by atoms with van der Waals surface area (Å²) in [5.74, 6) is 0.616. The highest BCUT2D eigenvalue weighted by molar-refractivity contribution is 6.32. The molecular weight excluding hydrogens is 362 g/mol. The minimum absolute atomic E-state index is 0.0188. The van der Waals surface area contributed by atoms with Gasteiger partial charge in [-0.05, 0) is 49.9 Å². The van der Waals surface area contributed by atoms with Crippen molar-refractivity contribution in [2.75, 3.05) is 25.1 Å². The van der Waals surface area contributed by atoms with Crippen molar-refractivity contribution in [3.8, 4) is 5.75 Å². The molecule has 3 rings (SSSR count). The summed E-state index contributed by atoms with van der Waals surface area (Å²) in [4.78, 5) is 13.3. The first-order chi connectivity index (χ1) is 13.0. The van der Waals surface area contributed by atoms with E-state index in [2.05, 4.69) is 11.4 Å². The molecule has 4 nitrogen and oxygen atoms in total. The Kier molecular flexibility index (Phi) is 6.40. The molecule has 0 radical (unpaired) electrons. The Labute approximate surface area is 165 Å². The number of nitrogens with one attached hydrogen (secondary N) is 1. The van der Waals surface area contributed by atoms with E-state index in [1.807, 2.05) is 38.1 Å². The number of hydrogen-bond acceptors (Lipinski definition) is 3. The zero-order valence-corrected chi connectivity index (χ0v) is 16.6. The van der Waals surface area contributed by atoms with Crippen LogP contribution in [0.2, 0.25) is 5.02 Å². The summed E-state index contributed by atoms with van der Waals surface area (Å²) in [6, 6.07) is 13.6. The van der Waals surface area contributed by atoms with E-state index in [4.69, 9.17) is 21.1 Å². The van der Waals surface area contributed by atoms with Crippen LogP contribution in [0, 0.1) is 6.92 Å². The first-order valence-corrected chi connectivity index (χ1v) is 9.81. The molecule has 2 aromatic carbocycles. The van der Waals surface area contributed by atoms with Crippen LogP contribution in [0.1, 0.15) is 37.3 Å². The van der Waals surface area contributed by atoms with E-state index in [0.29, 0.717) is 49.1 Å². The van der Waals surface area contributed by atoms with Crippen molar-refractivity contribution in [3.05, 3.63) is 58.6 Å². The van der Waals surface area contributed by atoms with Gasteiger partial charge in [0.25, 0.3) is 0 Å². The standard InChI is InChI=1S/C22H26ClNO3/c1-3-11-27-20-8-7-18(15-19(20)23)24-21(25)22(9-12-26-13-10-22)17-6-4-5-16(2)14-17/h4-8,14-15H,3,9-13H2,1-2H3,(H,24,25). The van der Waals surface area contributed by atoms with Crippen LogP contribution >= 0.6 is 11.6 Å². The van der Waals surface area contributed by atoms with Gasteiger partial charge in [-0.3, -0.25) is 4.79 Å². The highest BCUT2D eigenvalue weighted by atomic mass is 35.5. The summed E-state index contributed by atoms with van der Waals surface area (Å²) in [7, 11) is 0. The van der Waals surface area contributed by atoms with Crippen molar-refractivity contribution < 1.29 is 14.3 Å². The molecule has 0 bridgehead atoms. The number of hydrogen-bond donors (Lipinski definition) is 1. The summed E-state index contributed by atoms with van der Waals surface area (Å²) in [6.07, 6.45) is 2.23. The Hall–Kier alpha value is -2.04. The van der Waals surface area contributed by atoms with Gasteiger partial charge in [-0.15, -0.1) is 0 Å². The van der Waals surface area contributed by atoms with Crippen molar-refractivity contribution >= 4 is 23.2 Å². The fourth-order valence-electron chi connectivity index (χ4n) is 3.47. The Balaban J connectivity index is 1.84. The van der Waals surface area contributed by atoms with Crippen molar-refractivity contribution in [2.45, 2.75) is 38.5 Å². The third kappa shape index (κ3) is 4.45. The third-order valence-corrected chi connectivity index (χ3v) is 5.30. The molecule has 1 saturated heterocycles. The number of rotatable bonds is 6.